The second kappa shape index (κ2) is 8.62. The maximum Gasteiger partial charge on any atom is 0.238 e. The SMILES string of the molecule is NS(=O)(=O)c1ccc(CC(=O)N2CCN(S(=O)(=O)Cc3ccccc3)CC2)cc1. The minimum Gasteiger partial charge on any atom is -0.340 e. The molecule has 1 aliphatic rings. The van der Waals surface area contributed by atoms with E-state index in [1.807, 2.05) is 6.07 Å². The molecule has 0 aromatic heterocycles. The van der Waals surface area contributed by atoms with Crippen molar-refractivity contribution in [2.24, 2.45) is 5.14 Å². The predicted octanol–water partition coefficient (Wildman–Crippen LogP) is 0.551. The molecule has 8 nitrogen and oxygen atoms in total. The number of amides is 1. The number of primary sulfonamides is 1. The van der Waals surface area contributed by atoms with Gasteiger partial charge in [0, 0.05) is 26.2 Å². The van der Waals surface area contributed by atoms with E-state index in [1.54, 1.807) is 41.3 Å². The predicted molar refractivity (Wildman–Crippen MR) is 109 cm³/mol. The lowest BCUT2D eigenvalue weighted by molar-refractivity contribution is -0.131. The first-order valence-electron chi connectivity index (χ1n) is 9.06. The quantitative estimate of drug-likeness (QED) is 0.708. The van der Waals surface area contributed by atoms with E-state index >= 15 is 0 Å². The monoisotopic (exact) mass is 437 g/mol. The number of nitrogens with two attached hydrogens (primary N) is 1. The van der Waals surface area contributed by atoms with Gasteiger partial charge in [-0.3, -0.25) is 4.79 Å². The average molecular weight is 438 g/mol. The highest BCUT2D eigenvalue weighted by molar-refractivity contribution is 7.89. The van der Waals surface area contributed by atoms with Gasteiger partial charge in [0.25, 0.3) is 0 Å². The van der Waals surface area contributed by atoms with Crippen LogP contribution in [-0.2, 0) is 37.0 Å². The Morgan fingerprint density at radius 2 is 1.41 bits per heavy atom. The molecule has 2 aromatic rings. The maximum atomic E-state index is 12.6. The molecule has 0 radical (unpaired) electrons. The molecule has 0 spiro atoms. The molecular formula is C19H23N3O5S2. The van der Waals surface area contributed by atoms with E-state index in [0.29, 0.717) is 18.7 Å². The number of benzene rings is 2. The number of sulfonamides is 2. The fourth-order valence-corrected chi connectivity index (χ4v) is 5.21. The van der Waals surface area contributed by atoms with Crippen LogP contribution in [0, 0.1) is 0 Å². The lowest BCUT2D eigenvalue weighted by Gasteiger charge is -2.34. The Morgan fingerprint density at radius 1 is 0.828 bits per heavy atom. The van der Waals surface area contributed by atoms with Crippen molar-refractivity contribution in [2.75, 3.05) is 26.2 Å². The second-order valence-corrected chi connectivity index (χ2v) is 10.4. The summed E-state index contributed by atoms with van der Waals surface area (Å²) in [7, 11) is -7.21. The van der Waals surface area contributed by atoms with Gasteiger partial charge >= 0.3 is 0 Å². The van der Waals surface area contributed by atoms with Gasteiger partial charge in [0.2, 0.25) is 26.0 Å². The molecule has 1 amide bonds. The van der Waals surface area contributed by atoms with Crippen LogP contribution in [0.3, 0.4) is 0 Å². The first kappa shape index (κ1) is 21.4. The zero-order chi connectivity index (χ0) is 21.1. The van der Waals surface area contributed by atoms with Gasteiger partial charge in [0.1, 0.15) is 0 Å². The summed E-state index contributed by atoms with van der Waals surface area (Å²) in [6.45, 7) is 1.15. The third-order valence-corrected chi connectivity index (χ3v) is 7.56. The molecule has 0 atom stereocenters. The van der Waals surface area contributed by atoms with E-state index in [9.17, 15) is 21.6 Å². The number of hydrogen-bond acceptors (Lipinski definition) is 5. The summed E-state index contributed by atoms with van der Waals surface area (Å²) in [5.41, 5.74) is 1.40. The highest BCUT2D eigenvalue weighted by Gasteiger charge is 2.28. The third kappa shape index (κ3) is 5.63. The number of nitrogens with zero attached hydrogens (tertiary/aromatic N) is 2. The average Bonchev–Trinajstić information content (AvgIpc) is 2.68. The van der Waals surface area contributed by atoms with Crippen molar-refractivity contribution in [3.05, 3.63) is 65.7 Å². The number of hydrogen-bond donors (Lipinski definition) is 1. The molecule has 0 bridgehead atoms. The number of carbonyl (C=O) groups excluding carboxylic acids is 1. The van der Waals surface area contributed by atoms with Crippen molar-refractivity contribution < 1.29 is 21.6 Å². The standard InChI is InChI=1S/C19H23N3O5S2/c20-29(26,27)18-8-6-16(7-9-18)14-19(23)21-10-12-22(13-11-21)28(24,25)15-17-4-2-1-3-5-17/h1-9H,10-15H2,(H2,20,26,27). The fourth-order valence-electron chi connectivity index (χ4n) is 3.18. The summed E-state index contributed by atoms with van der Waals surface area (Å²) in [6.07, 6.45) is 0.113. The minimum absolute atomic E-state index is 0.00839. The summed E-state index contributed by atoms with van der Waals surface area (Å²) < 4.78 is 49.2. The van der Waals surface area contributed by atoms with Crippen LogP contribution >= 0.6 is 0 Å². The van der Waals surface area contributed by atoms with Crippen molar-refractivity contribution >= 4 is 26.0 Å². The van der Waals surface area contributed by atoms with E-state index < -0.39 is 20.0 Å². The van der Waals surface area contributed by atoms with Crippen LogP contribution in [0.25, 0.3) is 0 Å². The van der Waals surface area contributed by atoms with Crippen LogP contribution in [-0.4, -0.2) is 58.1 Å². The Kier molecular flexibility index (Phi) is 6.37. The van der Waals surface area contributed by atoms with Gasteiger partial charge in [-0.15, -0.1) is 0 Å². The van der Waals surface area contributed by atoms with E-state index in [0.717, 1.165) is 5.56 Å². The van der Waals surface area contributed by atoms with Crippen molar-refractivity contribution in [1.29, 1.82) is 0 Å². The Morgan fingerprint density at radius 3 is 1.97 bits per heavy atom. The Hall–Kier alpha value is -2.27. The summed E-state index contributed by atoms with van der Waals surface area (Å²) in [6, 6.07) is 14.8. The van der Waals surface area contributed by atoms with Crippen LogP contribution < -0.4 is 5.14 Å². The first-order chi connectivity index (χ1) is 13.6. The van der Waals surface area contributed by atoms with Gasteiger partial charge in [-0.25, -0.2) is 22.0 Å². The lowest BCUT2D eigenvalue weighted by atomic mass is 10.1. The normalized spacial score (nSPS) is 16.0. The summed E-state index contributed by atoms with van der Waals surface area (Å²) in [5.74, 6) is -0.188. The fraction of sp³-hybridized carbons (Fsp3) is 0.316. The highest BCUT2D eigenvalue weighted by Crippen LogP contribution is 2.15. The first-order valence-corrected chi connectivity index (χ1v) is 12.2. The number of piperazine rings is 1. The van der Waals surface area contributed by atoms with Crippen molar-refractivity contribution in [2.45, 2.75) is 17.1 Å². The van der Waals surface area contributed by atoms with Gasteiger partial charge in [-0.2, -0.15) is 4.31 Å². The topological polar surface area (TPSA) is 118 Å². The van der Waals surface area contributed by atoms with Gasteiger partial charge in [-0.1, -0.05) is 42.5 Å². The van der Waals surface area contributed by atoms with Gasteiger partial charge in [0.15, 0.2) is 0 Å². The largest absolute Gasteiger partial charge is 0.340 e. The van der Waals surface area contributed by atoms with Gasteiger partial charge in [-0.05, 0) is 23.3 Å². The molecule has 0 aliphatic carbocycles. The van der Waals surface area contributed by atoms with Crippen LogP contribution in [0.2, 0.25) is 0 Å². The smallest absolute Gasteiger partial charge is 0.238 e. The molecule has 0 saturated carbocycles. The zero-order valence-electron chi connectivity index (χ0n) is 15.8. The molecule has 3 rings (SSSR count). The lowest BCUT2D eigenvalue weighted by Crippen LogP contribution is -2.51. The molecule has 10 heteroatoms. The van der Waals surface area contributed by atoms with E-state index in [4.69, 9.17) is 5.14 Å². The Balaban J connectivity index is 1.55. The Labute approximate surface area is 171 Å². The summed E-state index contributed by atoms with van der Waals surface area (Å²) in [5, 5.41) is 5.06. The Bertz CT molecular complexity index is 1060. The van der Waals surface area contributed by atoms with Gasteiger partial charge in [0.05, 0.1) is 17.1 Å². The molecule has 1 aliphatic heterocycles. The van der Waals surface area contributed by atoms with Crippen LogP contribution in [0.15, 0.2) is 59.5 Å². The summed E-state index contributed by atoms with van der Waals surface area (Å²) in [4.78, 5) is 14.1. The van der Waals surface area contributed by atoms with Crippen molar-refractivity contribution in [3.8, 4) is 0 Å². The third-order valence-electron chi connectivity index (χ3n) is 4.78. The molecule has 2 aromatic carbocycles. The molecular weight excluding hydrogens is 414 g/mol. The van der Waals surface area contributed by atoms with Crippen molar-refractivity contribution in [1.82, 2.24) is 9.21 Å². The number of carbonyl (C=O) groups is 1. The molecule has 1 heterocycles. The summed E-state index contributed by atoms with van der Waals surface area (Å²) >= 11 is 0. The zero-order valence-corrected chi connectivity index (χ0v) is 17.4. The number of rotatable bonds is 6. The van der Waals surface area contributed by atoms with Crippen LogP contribution in [0.5, 0.6) is 0 Å². The van der Waals surface area contributed by atoms with Crippen molar-refractivity contribution in [3.63, 3.8) is 0 Å². The van der Waals surface area contributed by atoms with Gasteiger partial charge < -0.3 is 4.90 Å². The van der Waals surface area contributed by atoms with Crippen LogP contribution in [0.4, 0.5) is 0 Å². The van der Waals surface area contributed by atoms with E-state index in [-0.39, 0.29) is 36.1 Å². The molecule has 1 fully saturated rings. The maximum absolute atomic E-state index is 12.6. The second-order valence-electron chi connectivity index (χ2n) is 6.89. The van der Waals surface area contributed by atoms with Crippen LogP contribution in [0.1, 0.15) is 11.1 Å². The molecule has 1 saturated heterocycles. The van der Waals surface area contributed by atoms with E-state index in [1.165, 1.54) is 16.4 Å². The molecule has 29 heavy (non-hydrogen) atoms. The highest BCUT2D eigenvalue weighted by atomic mass is 32.2. The molecule has 156 valence electrons. The minimum atomic E-state index is -3.77. The molecule has 0 unspecified atom stereocenters. The van der Waals surface area contributed by atoms with E-state index in [2.05, 4.69) is 0 Å². The molecule has 2 N–H and O–H groups in total.